The van der Waals surface area contributed by atoms with Crippen molar-refractivity contribution in [3.8, 4) is 0 Å². The number of nitrogens with one attached hydrogen (secondary N) is 1. The largest absolute Gasteiger partial charge is 0.333 e. The smallest absolute Gasteiger partial charge is 0.274 e. The number of carbonyl (C=O) groups excluding carboxylic acids is 1. The van der Waals surface area contributed by atoms with E-state index in [0.29, 0.717) is 18.1 Å². The van der Waals surface area contributed by atoms with Crippen LogP contribution in [0.4, 0.5) is 5.82 Å². The molecule has 3 N–H and O–H groups in total. The molecule has 6 nitrogen and oxygen atoms in total. The van der Waals surface area contributed by atoms with Gasteiger partial charge >= 0.3 is 0 Å². The van der Waals surface area contributed by atoms with E-state index in [1.165, 1.54) is 10.4 Å². The average Bonchev–Trinajstić information content (AvgIpc) is 2.94. The lowest BCUT2D eigenvalue weighted by atomic mass is 10.1. The molecule has 0 atom stereocenters. The van der Waals surface area contributed by atoms with Crippen molar-refractivity contribution in [1.29, 1.82) is 0 Å². The van der Waals surface area contributed by atoms with E-state index >= 15 is 0 Å². The summed E-state index contributed by atoms with van der Waals surface area (Å²) in [5.74, 6) is 5.56. The van der Waals surface area contributed by atoms with E-state index in [-0.39, 0.29) is 5.91 Å². The van der Waals surface area contributed by atoms with E-state index < -0.39 is 0 Å². The van der Waals surface area contributed by atoms with Crippen LogP contribution in [0.15, 0.2) is 23.6 Å². The van der Waals surface area contributed by atoms with E-state index in [4.69, 9.17) is 5.84 Å². The Morgan fingerprint density at radius 2 is 2.26 bits per heavy atom. The fraction of sp³-hybridized carbons (Fsp3) is 0.250. The third-order valence-electron chi connectivity index (χ3n) is 3.13. The van der Waals surface area contributed by atoms with Crippen LogP contribution in [0.25, 0.3) is 0 Å². The molecule has 1 aliphatic rings. The van der Waals surface area contributed by atoms with Gasteiger partial charge in [0.15, 0.2) is 11.5 Å². The predicted molar refractivity (Wildman–Crippen MR) is 72.6 cm³/mol. The molecule has 0 radical (unpaired) electrons. The molecule has 98 valence electrons. The van der Waals surface area contributed by atoms with E-state index in [1.807, 2.05) is 0 Å². The van der Waals surface area contributed by atoms with Gasteiger partial charge in [0.05, 0.1) is 0 Å². The van der Waals surface area contributed by atoms with Gasteiger partial charge in [-0.2, -0.15) is 0 Å². The fourth-order valence-electron chi connectivity index (χ4n) is 2.11. The van der Waals surface area contributed by atoms with Crippen LogP contribution in [0.2, 0.25) is 0 Å². The molecule has 19 heavy (non-hydrogen) atoms. The molecule has 3 heterocycles. The van der Waals surface area contributed by atoms with Gasteiger partial charge in [0.1, 0.15) is 0 Å². The van der Waals surface area contributed by atoms with Crippen LogP contribution in [0, 0.1) is 0 Å². The van der Waals surface area contributed by atoms with Crippen molar-refractivity contribution in [3.63, 3.8) is 0 Å². The molecule has 0 fully saturated rings. The molecule has 0 saturated carbocycles. The minimum Gasteiger partial charge on any atom is -0.333 e. The lowest BCUT2D eigenvalue weighted by Gasteiger charge is -2.26. The van der Waals surface area contributed by atoms with Gasteiger partial charge in [0.25, 0.3) is 5.91 Å². The average molecular weight is 275 g/mol. The number of fused-ring (bicyclic) bond motifs is 1. The summed E-state index contributed by atoms with van der Waals surface area (Å²) >= 11 is 1.75. The molecular weight excluding hydrogens is 262 g/mol. The molecule has 1 amide bonds. The van der Waals surface area contributed by atoms with Crippen LogP contribution in [0.3, 0.4) is 0 Å². The van der Waals surface area contributed by atoms with E-state index in [0.717, 1.165) is 13.0 Å². The summed E-state index contributed by atoms with van der Waals surface area (Å²) in [6.07, 6.45) is 0.911. The number of nitrogens with zero attached hydrogens (tertiary/aromatic N) is 3. The van der Waals surface area contributed by atoms with Gasteiger partial charge in [-0.3, -0.25) is 4.79 Å². The van der Waals surface area contributed by atoms with Crippen molar-refractivity contribution in [2.45, 2.75) is 13.0 Å². The van der Waals surface area contributed by atoms with Crippen LogP contribution >= 0.6 is 11.3 Å². The maximum absolute atomic E-state index is 12.3. The number of carbonyl (C=O) groups is 1. The second-order valence-corrected chi connectivity index (χ2v) is 5.29. The van der Waals surface area contributed by atoms with Crippen molar-refractivity contribution in [3.05, 3.63) is 39.7 Å². The molecule has 2 aromatic heterocycles. The highest BCUT2D eigenvalue weighted by molar-refractivity contribution is 7.10. The Labute approximate surface area is 114 Å². The van der Waals surface area contributed by atoms with Crippen molar-refractivity contribution in [1.82, 2.24) is 15.1 Å². The van der Waals surface area contributed by atoms with Crippen molar-refractivity contribution >= 4 is 23.1 Å². The summed E-state index contributed by atoms with van der Waals surface area (Å²) in [7, 11) is 0. The first kappa shape index (κ1) is 12.1. The van der Waals surface area contributed by atoms with Crippen LogP contribution in [0.5, 0.6) is 0 Å². The molecule has 0 unspecified atom stereocenters. The third-order valence-corrected chi connectivity index (χ3v) is 4.15. The highest BCUT2D eigenvalue weighted by Gasteiger charge is 2.23. The van der Waals surface area contributed by atoms with Gasteiger partial charge in [0.2, 0.25) is 0 Å². The fourth-order valence-corrected chi connectivity index (χ4v) is 3.00. The summed E-state index contributed by atoms with van der Waals surface area (Å²) in [4.78, 5) is 15.5. The van der Waals surface area contributed by atoms with Gasteiger partial charge in [-0.05, 0) is 35.6 Å². The number of anilines is 1. The maximum atomic E-state index is 12.3. The van der Waals surface area contributed by atoms with Gasteiger partial charge in [-0.25, -0.2) is 5.84 Å². The maximum Gasteiger partial charge on any atom is 0.274 e. The first-order valence-electron chi connectivity index (χ1n) is 5.93. The van der Waals surface area contributed by atoms with Gasteiger partial charge in [0, 0.05) is 18.0 Å². The second kappa shape index (κ2) is 4.94. The van der Waals surface area contributed by atoms with Crippen LogP contribution in [0.1, 0.15) is 20.9 Å². The molecule has 0 aliphatic carbocycles. The number of hydrogen-bond donors (Lipinski definition) is 2. The zero-order chi connectivity index (χ0) is 13.2. The summed E-state index contributed by atoms with van der Waals surface area (Å²) in [5, 5.41) is 9.77. The van der Waals surface area contributed by atoms with Crippen molar-refractivity contribution in [2.24, 2.45) is 5.84 Å². The Morgan fingerprint density at radius 1 is 1.37 bits per heavy atom. The van der Waals surface area contributed by atoms with E-state index in [1.54, 1.807) is 28.4 Å². The number of nitrogen functional groups attached to an aromatic ring is 1. The molecule has 7 heteroatoms. The number of thiophene rings is 1. The highest BCUT2D eigenvalue weighted by Crippen LogP contribution is 2.24. The number of aromatic nitrogens is 2. The molecular formula is C12H13N5OS. The number of hydrogen-bond acceptors (Lipinski definition) is 6. The molecule has 1 aliphatic heterocycles. The Morgan fingerprint density at radius 3 is 3.00 bits per heavy atom. The topological polar surface area (TPSA) is 84.1 Å². The van der Waals surface area contributed by atoms with Gasteiger partial charge < -0.3 is 10.3 Å². The molecule has 0 aromatic carbocycles. The monoisotopic (exact) mass is 275 g/mol. The number of hydrazine groups is 1. The normalized spacial score (nSPS) is 14.1. The molecule has 0 bridgehead atoms. The standard InChI is InChI=1S/C12H13N5OS/c13-14-11-2-1-9(15-16-11)12(18)17-5-3-10-8(7-17)4-6-19-10/h1-2,4,6H,3,5,7,13H2,(H,14,16). The van der Waals surface area contributed by atoms with Gasteiger partial charge in [-0.15, -0.1) is 21.5 Å². The minimum absolute atomic E-state index is 0.0899. The van der Waals surface area contributed by atoms with Crippen LogP contribution < -0.4 is 11.3 Å². The highest BCUT2D eigenvalue weighted by atomic mass is 32.1. The summed E-state index contributed by atoms with van der Waals surface area (Å²) in [5.41, 5.74) is 3.96. The number of rotatable bonds is 2. The van der Waals surface area contributed by atoms with E-state index in [9.17, 15) is 4.79 Å². The molecule has 2 aromatic rings. The Hall–Kier alpha value is -1.99. The summed E-state index contributed by atoms with van der Waals surface area (Å²) < 4.78 is 0. The third kappa shape index (κ3) is 2.29. The van der Waals surface area contributed by atoms with Crippen molar-refractivity contribution in [2.75, 3.05) is 12.0 Å². The van der Waals surface area contributed by atoms with E-state index in [2.05, 4.69) is 27.1 Å². The zero-order valence-electron chi connectivity index (χ0n) is 10.2. The lowest BCUT2D eigenvalue weighted by Crippen LogP contribution is -2.35. The summed E-state index contributed by atoms with van der Waals surface area (Å²) in [6.45, 7) is 1.38. The zero-order valence-corrected chi connectivity index (χ0v) is 11.0. The molecule has 0 spiro atoms. The van der Waals surface area contributed by atoms with Gasteiger partial charge in [-0.1, -0.05) is 0 Å². The summed E-state index contributed by atoms with van der Waals surface area (Å²) in [6, 6.07) is 5.35. The minimum atomic E-state index is -0.0899. The number of amides is 1. The SMILES string of the molecule is NNc1ccc(C(=O)N2CCc3sccc3C2)nn1. The number of nitrogens with two attached hydrogens (primary N) is 1. The Kier molecular flexibility index (Phi) is 3.14. The van der Waals surface area contributed by atoms with Crippen LogP contribution in [-0.2, 0) is 13.0 Å². The van der Waals surface area contributed by atoms with Crippen LogP contribution in [-0.4, -0.2) is 27.5 Å². The first-order chi connectivity index (χ1) is 9.28. The second-order valence-electron chi connectivity index (χ2n) is 4.29. The molecule has 3 rings (SSSR count). The molecule has 0 saturated heterocycles. The Balaban J connectivity index is 1.77. The lowest BCUT2D eigenvalue weighted by molar-refractivity contribution is 0.0728. The Bertz CT molecular complexity index is 594. The quantitative estimate of drug-likeness (QED) is 0.631. The van der Waals surface area contributed by atoms with Crippen molar-refractivity contribution < 1.29 is 4.79 Å². The predicted octanol–water partition coefficient (Wildman–Crippen LogP) is 1.02. The first-order valence-corrected chi connectivity index (χ1v) is 6.81.